The fourth-order valence-electron chi connectivity index (χ4n) is 2.44. The predicted octanol–water partition coefficient (Wildman–Crippen LogP) is 0.961. The van der Waals surface area contributed by atoms with Crippen LogP contribution in [0, 0.1) is 16.0 Å². The van der Waals surface area contributed by atoms with Gasteiger partial charge >= 0.3 is 0 Å². The molecule has 1 atom stereocenters. The van der Waals surface area contributed by atoms with Crippen LogP contribution in [0.1, 0.15) is 12.8 Å². The SMILES string of the molecule is COc1ccc(S(=O)(=O)N(C)C(CN)C2CC2)c([N+](=O)[O-])c1. The fraction of sp³-hybridized carbons (Fsp3) is 0.538. The van der Waals surface area contributed by atoms with Crippen molar-refractivity contribution in [3.63, 3.8) is 0 Å². The number of likely N-dealkylation sites (N-methyl/N-ethyl adjacent to an activating group) is 1. The molecule has 1 fully saturated rings. The lowest BCUT2D eigenvalue weighted by Gasteiger charge is -2.26. The first-order valence-electron chi connectivity index (χ1n) is 6.83. The Morgan fingerprint density at radius 3 is 2.59 bits per heavy atom. The van der Waals surface area contributed by atoms with Crippen molar-refractivity contribution in [1.82, 2.24) is 4.31 Å². The van der Waals surface area contributed by atoms with E-state index < -0.39 is 20.6 Å². The van der Waals surface area contributed by atoms with E-state index in [9.17, 15) is 18.5 Å². The Labute approximate surface area is 129 Å². The number of ether oxygens (including phenoxy) is 1. The van der Waals surface area contributed by atoms with Crippen LogP contribution in [-0.2, 0) is 10.0 Å². The van der Waals surface area contributed by atoms with Gasteiger partial charge in [0.1, 0.15) is 5.75 Å². The van der Waals surface area contributed by atoms with Crippen LogP contribution in [0.5, 0.6) is 5.75 Å². The maximum Gasteiger partial charge on any atom is 0.293 e. The minimum absolute atomic E-state index is 0.185. The Bertz CT molecular complexity index is 672. The molecule has 2 rings (SSSR count). The maximum absolute atomic E-state index is 12.7. The van der Waals surface area contributed by atoms with Crippen molar-refractivity contribution in [1.29, 1.82) is 0 Å². The third-order valence-corrected chi connectivity index (χ3v) is 5.82. The lowest BCUT2D eigenvalue weighted by Crippen LogP contribution is -2.43. The fourth-order valence-corrected chi connectivity index (χ4v) is 4.00. The summed E-state index contributed by atoms with van der Waals surface area (Å²) in [5, 5.41) is 11.2. The van der Waals surface area contributed by atoms with Crippen LogP contribution in [0.25, 0.3) is 0 Å². The van der Waals surface area contributed by atoms with Crippen LogP contribution < -0.4 is 10.5 Å². The maximum atomic E-state index is 12.7. The topological polar surface area (TPSA) is 116 Å². The largest absolute Gasteiger partial charge is 0.497 e. The highest BCUT2D eigenvalue weighted by atomic mass is 32.2. The molecule has 1 aliphatic rings. The van der Waals surface area contributed by atoms with E-state index in [1.165, 1.54) is 26.3 Å². The minimum Gasteiger partial charge on any atom is -0.497 e. The molecule has 0 aliphatic heterocycles. The van der Waals surface area contributed by atoms with Gasteiger partial charge in [-0.3, -0.25) is 10.1 Å². The van der Waals surface area contributed by atoms with Gasteiger partial charge in [0.2, 0.25) is 10.0 Å². The first kappa shape index (κ1) is 16.7. The van der Waals surface area contributed by atoms with Crippen LogP contribution in [0.3, 0.4) is 0 Å². The van der Waals surface area contributed by atoms with Gasteiger partial charge in [-0.15, -0.1) is 0 Å². The van der Waals surface area contributed by atoms with Crippen molar-refractivity contribution < 1.29 is 18.1 Å². The Morgan fingerprint density at radius 2 is 2.14 bits per heavy atom. The lowest BCUT2D eigenvalue weighted by atomic mass is 10.2. The highest BCUT2D eigenvalue weighted by Gasteiger charge is 2.40. The zero-order chi connectivity index (χ0) is 16.5. The Morgan fingerprint density at radius 1 is 1.50 bits per heavy atom. The van der Waals surface area contributed by atoms with Crippen molar-refractivity contribution in [2.24, 2.45) is 11.7 Å². The van der Waals surface area contributed by atoms with Gasteiger partial charge in [0.25, 0.3) is 5.69 Å². The Kier molecular flexibility index (Phi) is 4.69. The molecule has 0 saturated heterocycles. The second-order valence-electron chi connectivity index (χ2n) is 5.25. The van der Waals surface area contributed by atoms with E-state index in [1.807, 2.05) is 0 Å². The average molecular weight is 329 g/mol. The molecule has 0 radical (unpaired) electrons. The molecule has 0 aromatic heterocycles. The van der Waals surface area contributed by atoms with Crippen molar-refractivity contribution in [3.8, 4) is 5.75 Å². The molecule has 9 heteroatoms. The smallest absolute Gasteiger partial charge is 0.293 e. The van der Waals surface area contributed by atoms with Crippen LogP contribution in [-0.4, -0.2) is 44.4 Å². The van der Waals surface area contributed by atoms with Gasteiger partial charge in [-0.05, 0) is 30.9 Å². The molecular formula is C13H19N3O5S. The van der Waals surface area contributed by atoms with E-state index in [1.54, 1.807) is 0 Å². The summed E-state index contributed by atoms with van der Waals surface area (Å²) in [6.07, 6.45) is 1.85. The summed E-state index contributed by atoms with van der Waals surface area (Å²) in [5.41, 5.74) is 5.17. The highest BCUT2D eigenvalue weighted by Crippen LogP contribution is 2.38. The number of nitrogens with two attached hydrogens (primary N) is 1. The number of benzene rings is 1. The standard InChI is InChI=1S/C13H19N3O5S/c1-15(12(8-14)9-3-4-9)22(19,20)13-6-5-10(21-2)7-11(13)16(17)18/h5-7,9,12H,3-4,8,14H2,1-2H3. The van der Waals surface area contributed by atoms with Gasteiger partial charge in [0, 0.05) is 19.6 Å². The normalized spacial score (nSPS) is 16.5. The molecule has 0 amide bonds. The molecule has 22 heavy (non-hydrogen) atoms. The summed E-state index contributed by atoms with van der Waals surface area (Å²) in [7, 11) is -1.23. The van der Waals surface area contributed by atoms with Crippen LogP contribution in [0.4, 0.5) is 5.69 Å². The van der Waals surface area contributed by atoms with Crippen LogP contribution >= 0.6 is 0 Å². The quantitative estimate of drug-likeness (QED) is 0.588. The molecular weight excluding hydrogens is 310 g/mol. The first-order valence-corrected chi connectivity index (χ1v) is 8.27. The number of nitrogens with zero attached hydrogens (tertiary/aromatic N) is 2. The molecule has 0 heterocycles. The molecule has 0 spiro atoms. The molecule has 8 nitrogen and oxygen atoms in total. The van der Waals surface area contributed by atoms with E-state index in [0.29, 0.717) is 0 Å². The first-order chi connectivity index (χ1) is 10.3. The highest BCUT2D eigenvalue weighted by molar-refractivity contribution is 7.89. The number of nitro benzene ring substituents is 1. The lowest BCUT2D eigenvalue weighted by molar-refractivity contribution is -0.387. The van der Waals surface area contributed by atoms with Gasteiger partial charge in [0.05, 0.1) is 18.1 Å². The van der Waals surface area contributed by atoms with Gasteiger partial charge in [0.15, 0.2) is 4.90 Å². The number of sulfonamides is 1. The summed E-state index contributed by atoms with van der Waals surface area (Å²) in [6.45, 7) is 0.185. The monoisotopic (exact) mass is 329 g/mol. The summed E-state index contributed by atoms with van der Waals surface area (Å²) >= 11 is 0. The molecule has 2 N–H and O–H groups in total. The van der Waals surface area contributed by atoms with Crippen LogP contribution in [0.15, 0.2) is 23.1 Å². The second-order valence-corrected chi connectivity index (χ2v) is 7.22. The average Bonchev–Trinajstić information content (AvgIpc) is 3.31. The Balaban J connectivity index is 2.46. The van der Waals surface area contributed by atoms with Crippen molar-refractivity contribution in [2.45, 2.75) is 23.8 Å². The Hall–Kier alpha value is -1.71. The van der Waals surface area contributed by atoms with Crippen molar-refractivity contribution in [2.75, 3.05) is 20.7 Å². The molecule has 1 aromatic carbocycles. The second kappa shape index (κ2) is 6.19. The van der Waals surface area contributed by atoms with Crippen molar-refractivity contribution >= 4 is 15.7 Å². The molecule has 1 saturated carbocycles. The van der Waals surface area contributed by atoms with E-state index in [-0.39, 0.29) is 29.1 Å². The van der Waals surface area contributed by atoms with E-state index in [0.717, 1.165) is 23.2 Å². The third-order valence-electron chi connectivity index (χ3n) is 3.89. The van der Waals surface area contributed by atoms with Gasteiger partial charge in [-0.25, -0.2) is 8.42 Å². The van der Waals surface area contributed by atoms with E-state index in [2.05, 4.69) is 0 Å². The van der Waals surface area contributed by atoms with E-state index >= 15 is 0 Å². The number of hydrogen-bond donors (Lipinski definition) is 1. The molecule has 122 valence electrons. The summed E-state index contributed by atoms with van der Waals surface area (Å²) < 4.78 is 31.5. The van der Waals surface area contributed by atoms with Gasteiger partial charge < -0.3 is 10.5 Å². The molecule has 0 bridgehead atoms. The zero-order valence-corrected chi connectivity index (χ0v) is 13.2. The van der Waals surface area contributed by atoms with Gasteiger partial charge in [-0.2, -0.15) is 4.31 Å². The number of methoxy groups -OCH3 is 1. The zero-order valence-electron chi connectivity index (χ0n) is 12.4. The number of rotatable bonds is 7. The van der Waals surface area contributed by atoms with Gasteiger partial charge in [-0.1, -0.05) is 0 Å². The van der Waals surface area contributed by atoms with Crippen molar-refractivity contribution in [3.05, 3.63) is 28.3 Å². The summed E-state index contributed by atoms with van der Waals surface area (Å²) in [5.74, 6) is 0.452. The minimum atomic E-state index is -4.00. The third kappa shape index (κ3) is 3.06. The number of hydrogen-bond acceptors (Lipinski definition) is 6. The van der Waals surface area contributed by atoms with E-state index in [4.69, 9.17) is 10.5 Å². The number of nitro groups is 1. The van der Waals surface area contributed by atoms with Crippen LogP contribution in [0.2, 0.25) is 0 Å². The molecule has 1 unspecified atom stereocenters. The summed E-state index contributed by atoms with van der Waals surface area (Å²) in [6, 6.07) is 3.35. The predicted molar refractivity (Wildman–Crippen MR) is 80.2 cm³/mol. The molecule has 1 aliphatic carbocycles. The molecule has 1 aromatic rings. The summed E-state index contributed by atoms with van der Waals surface area (Å²) in [4.78, 5) is 10.1.